The lowest BCUT2D eigenvalue weighted by Crippen LogP contribution is -2.30. The van der Waals surface area contributed by atoms with Crippen LogP contribution in [-0.4, -0.2) is 27.2 Å². The number of ether oxygens (including phenoxy) is 1. The monoisotopic (exact) mass is 253 g/mol. The molecular formula is C12H15NO5. The zero-order chi connectivity index (χ0) is 13.9. The van der Waals surface area contributed by atoms with Gasteiger partial charge in [0.05, 0.1) is 5.56 Å². The quantitative estimate of drug-likeness (QED) is 0.808. The first kappa shape index (κ1) is 14.0. The van der Waals surface area contributed by atoms with Crippen molar-refractivity contribution in [1.82, 2.24) is 4.57 Å². The molecule has 0 aromatic carbocycles. The van der Waals surface area contributed by atoms with Crippen molar-refractivity contribution in [3.05, 3.63) is 34.2 Å². The Labute approximate surface area is 104 Å². The summed E-state index contributed by atoms with van der Waals surface area (Å²) < 4.78 is 6.16. The van der Waals surface area contributed by atoms with E-state index >= 15 is 0 Å². The Hall–Kier alpha value is -2.11. The van der Waals surface area contributed by atoms with Gasteiger partial charge in [-0.05, 0) is 26.8 Å². The van der Waals surface area contributed by atoms with Crippen molar-refractivity contribution in [3.8, 4) is 0 Å². The number of esters is 1. The molecule has 98 valence electrons. The van der Waals surface area contributed by atoms with Crippen molar-refractivity contribution in [2.75, 3.05) is 0 Å². The Morgan fingerprint density at radius 3 is 2.44 bits per heavy atom. The van der Waals surface area contributed by atoms with Crippen LogP contribution in [0, 0.1) is 0 Å². The average Bonchev–Trinajstić information content (AvgIpc) is 2.17. The maximum atomic E-state index is 11.5. The van der Waals surface area contributed by atoms with E-state index < -0.39 is 23.1 Å². The Morgan fingerprint density at radius 2 is 2.00 bits per heavy atom. The summed E-state index contributed by atoms with van der Waals surface area (Å²) in [6.07, 6.45) is 1.26. The van der Waals surface area contributed by atoms with Crippen molar-refractivity contribution in [1.29, 1.82) is 0 Å². The van der Waals surface area contributed by atoms with Crippen molar-refractivity contribution in [2.24, 2.45) is 0 Å². The Bertz CT molecular complexity index is 524. The Kier molecular flexibility index (Phi) is 3.90. The van der Waals surface area contributed by atoms with Gasteiger partial charge in [-0.15, -0.1) is 0 Å². The van der Waals surface area contributed by atoms with E-state index in [9.17, 15) is 14.4 Å². The molecule has 0 unspecified atom stereocenters. The Balaban J connectivity index is 2.84. The molecule has 1 aromatic rings. The van der Waals surface area contributed by atoms with Crippen LogP contribution >= 0.6 is 0 Å². The third kappa shape index (κ3) is 4.04. The van der Waals surface area contributed by atoms with Gasteiger partial charge in [-0.2, -0.15) is 0 Å². The number of carboxylic acids is 1. The molecule has 6 heteroatoms. The lowest BCUT2D eigenvalue weighted by Gasteiger charge is -2.19. The minimum Gasteiger partial charge on any atom is -0.478 e. The van der Waals surface area contributed by atoms with Crippen LogP contribution in [0.1, 0.15) is 31.1 Å². The highest BCUT2D eigenvalue weighted by Gasteiger charge is 2.17. The molecule has 0 aliphatic heterocycles. The molecule has 0 aliphatic rings. The second kappa shape index (κ2) is 5.03. The second-order valence-electron chi connectivity index (χ2n) is 4.77. The number of aromatic nitrogens is 1. The number of carbonyl (C=O) groups excluding carboxylic acids is 1. The van der Waals surface area contributed by atoms with E-state index in [0.717, 1.165) is 10.6 Å². The number of carbonyl (C=O) groups is 2. The predicted octanol–water partition coefficient (Wildman–Crippen LogP) is 0.888. The van der Waals surface area contributed by atoms with Gasteiger partial charge in [-0.25, -0.2) is 4.79 Å². The number of carboxylic acid groups (broad SMARTS) is 1. The zero-order valence-corrected chi connectivity index (χ0v) is 10.5. The fraction of sp³-hybridized carbons (Fsp3) is 0.417. The molecule has 6 nitrogen and oxygen atoms in total. The molecular weight excluding hydrogens is 238 g/mol. The van der Waals surface area contributed by atoms with Crippen LogP contribution in [0.3, 0.4) is 0 Å². The molecule has 1 aromatic heterocycles. The van der Waals surface area contributed by atoms with Gasteiger partial charge >= 0.3 is 11.9 Å². The number of rotatable bonds is 3. The van der Waals surface area contributed by atoms with E-state index in [4.69, 9.17) is 9.84 Å². The van der Waals surface area contributed by atoms with Gasteiger partial charge in [-0.1, -0.05) is 0 Å². The third-order valence-corrected chi connectivity index (χ3v) is 1.96. The van der Waals surface area contributed by atoms with E-state index in [1.807, 2.05) is 0 Å². The predicted molar refractivity (Wildman–Crippen MR) is 63.5 cm³/mol. The summed E-state index contributed by atoms with van der Waals surface area (Å²) >= 11 is 0. The smallest absolute Gasteiger partial charge is 0.335 e. The van der Waals surface area contributed by atoms with E-state index in [2.05, 4.69) is 0 Å². The van der Waals surface area contributed by atoms with Gasteiger partial charge in [-0.3, -0.25) is 9.59 Å². The molecule has 0 radical (unpaired) electrons. The molecule has 1 heterocycles. The summed E-state index contributed by atoms with van der Waals surface area (Å²) in [7, 11) is 0. The van der Waals surface area contributed by atoms with Crippen LogP contribution in [0.5, 0.6) is 0 Å². The number of nitrogens with zero attached hydrogens (tertiary/aromatic N) is 1. The summed E-state index contributed by atoms with van der Waals surface area (Å²) in [5, 5.41) is 8.70. The van der Waals surface area contributed by atoms with E-state index in [1.165, 1.54) is 12.3 Å². The van der Waals surface area contributed by atoms with Crippen molar-refractivity contribution in [2.45, 2.75) is 32.9 Å². The van der Waals surface area contributed by atoms with Crippen LogP contribution in [-0.2, 0) is 16.1 Å². The second-order valence-corrected chi connectivity index (χ2v) is 4.77. The fourth-order valence-corrected chi connectivity index (χ4v) is 1.28. The van der Waals surface area contributed by atoms with Crippen LogP contribution < -0.4 is 5.56 Å². The van der Waals surface area contributed by atoms with Gasteiger partial charge < -0.3 is 14.4 Å². The summed E-state index contributed by atoms with van der Waals surface area (Å²) in [5.41, 5.74) is -1.29. The first-order valence-electron chi connectivity index (χ1n) is 5.35. The van der Waals surface area contributed by atoms with Crippen LogP contribution in [0.15, 0.2) is 23.1 Å². The molecule has 0 saturated carbocycles. The fourth-order valence-electron chi connectivity index (χ4n) is 1.28. The highest BCUT2D eigenvalue weighted by molar-refractivity contribution is 5.87. The van der Waals surface area contributed by atoms with E-state index in [0.29, 0.717) is 0 Å². The van der Waals surface area contributed by atoms with Crippen LogP contribution in [0.25, 0.3) is 0 Å². The first-order valence-corrected chi connectivity index (χ1v) is 5.35. The van der Waals surface area contributed by atoms with Gasteiger partial charge in [0.2, 0.25) is 0 Å². The van der Waals surface area contributed by atoms with E-state index in [-0.39, 0.29) is 12.1 Å². The number of aromatic carboxylic acids is 1. The molecule has 0 bridgehead atoms. The standard InChI is InChI=1S/C12H15NO5/c1-12(2,3)18-10(15)7-13-5-4-8(11(16)17)6-9(13)14/h4-6H,7H2,1-3H3,(H,16,17). The minimum atomic E-state index is -1.18. The average molecular weight is 253 g/mol. The highest BCUT2D eigenvalue weighted by atomic mass is 16.6. The molecule has 18 heavy (non-hydrogen) atoms. The topological polar surface area (TPSA) is 85.6 Å². The zero-order valence-electron chi connectivity index (χ0n) is 10.5. The van der Waals surface area contributed by atoms with Crippen LogP contribution in [0.4, 0.5) is 0 Å². The SMILES string of the molecule is CC(C)(C)OC(=O)Cn1ccc(C(=O)O)cc1=O. The lowest BCUT2D eigenvalue weighted by molar-refractivity contribution is -0.155. The van der Waals surface area contributed by atoms with Gasteiger partial charge in [0.25, 0.3) is 5.56 Å². The van der Waals surface area contributed by atoms with Gasteiger partial charge in [0, 0.05) is 12.3 Å². The van der Waals surface area contributed by atoms with Crippen molar-refractivity contribution < 1.29 is 19.4 Å². The molecule has 0 fully saturated rings. The first-order chi connectivity index (χ1) is 8.19. The molecule has 1 N–H and O–H groups in total. The van der Waals surface area contributed by atoms with Gasteiger partial charge in [0.1, 0.15) is 12.1 Å². The third-order valence-electron chi connectivity index (χ3n) is 1.96. The largest absolute Gasteiger partial charge is 0.478 e. The van der Waals surface area contributed by atoms with Crippen LogP contribution in [0.2, 0.25) is 0 Å². The maximum absolute atomic E-state index is 11.5. The summed E-state index contributed by atoms with van der Waals surface area (Å²) in [6, 6.07) is 2.22. The molecule has 1 rings (SSSR count). The molecule has 0 spiro atoms. The summed E-state index contributed by atoms with van der Waals surface area (Å²) in [4.78, 5) is 33.7. The molecule has 0 aliphatic carbocycles. The number of hydrogen-bond donors (Lipinski definition) is 1. The maximum Gasteiger partial charge on any atom is 0.335 e. The van der Waals surface area contributed by atoms with Crippen molar-refractivity contribution in [3.63, 3.8) is 0 Å². The Morgan fingerprint density at radius 1 is 1.39 bits per heavy atom. The van der Waals surface area contributed by atoms with E-state index in [1.54, 1.807) is 20.8 Å². The van der Waals surface area contributed by atoms with Crippen molar-refractivity contribution >= 4 is 11.9 Å². The summed E-state index contributed by atoms with van der Waals surface area (Å²) in [6.45, 7) is 4.93. The lowest BCUT2D eigenvalue weighted by atomic mass is 10.2. The molecule has 0 atom stereocenters. The number of hydrogen-bond acceptors (Lipinski definition) is 4. The van der Waals surface area contributed by atoms with Gasteiger partial charge in [0.15, 0.2) is 0 Å². The summed E-state index contributed by atoms with van der Waals surface area (Å²) in [5.74, 6) is -1.73. The highest BCUT2D eigenvalue weighted by Crippen LogP contribution is 2.07. The minimum absolute atomic E-state index is 0.111. The molecule has 0 saturated heterocycles. The molecule has 0 amide bonds. The number of pyridine rings is 1. The normalized spacial score (nSPS) is 11.1.